The van der Waals surface area contributed by atoms with E-state index in [9.17, 15) is 4.79 Å². The lowest BCUT2D eigenvalue weighted by Crippen LogP contribution is -2.21. The van der Waals surface area contributed by atoms with Gasteiger partial charge in [0.05, 0.1) is 5.69 Å². The zero-order valence-electron chi connectivity index (χ0n) is 10.2. The van der Waals surface area contributed by atoms with Crippen molar-refractivity contribution in [3.05, 3.63) is 33.0 Å². The summed E-state index contributed by atoms with van der Waals surface area (Å²) in [6.45, 7) is 1.95. The molecular weight excluding hydrogens is 316 g/mol. The fourth-order valence-electron chi connectivity index (χ4n) is 1.92. The van der Waals surface area contributed by atoms with Gasteiger partial charge in [-0.05, 0) is 28.0 Å². The average molecular weight is 325 g/mol. The summed E-state index contributed by atoms with van der Waals surface area (Å²) >= 11 is 3.09. The fraction of sp³-hybridized carbons (Fsp3) is 0.300. The Morgan fingerprint density at radius 2 is 2.26 bits per heavy atom. The summed E-state index contributed by atoms with van der Waals surface area (Å²) in [4.78, 5) is 20.6. The highest BCUT2D eigenvalue weighted by atomic mass is 79.9. The molecule has 0 aromatic carbocycles. The molecule has 9 heteroatoms. The first-order valence-electron chi connectivity index (χ1n) is 5.43. The molecule has 0 N–H and O–H groups in total. The van der Waals surface area contributed by atoms with Crippen LogP contribution >= 0.6 is 15.9 Å². The third-order valence-electron chi connectivity index (χ3n) is 2.73. The lowest BCUT2D eigenvalue weighted by Gasteiger charge is -2.01. The van der Waals surface area contributed by atoms with Crippen LogP contribution in [0.5, 0.6) is 0 Å². The van der Waals surface area contributed by atoms with Gasteiger partial charge in [-0.1, -0.05) is 0 Å². The average Bonchev–Trinajstić information content (AvgIpc) is 2.88. The van der Waals surface area contributed by atoms with Crippen molar-refractivity contribution in [2.75, 3.05) is 0 Å². The molecule has 3 aromatic heterocycles. The van der Waals surface area contributed by atoms with Gasteiger partial charge in [0.2, 0.25) is 10.6 Å². The van der Waals surface area contributed by atoms with E-state index in [1.165, 1.54) is 10.9 Å². The Labute approximate surface area is 115 Å². The quantitative estimate of drug-likeness (QED) is 0.686. The minimum absolute atomic E-state index is 0.175. The van der Waals surface area contributed by atoms with Gasteiger partial charge in [-0.25, -0.2) is 9.67 Å². The zero-order valence-corrected chi connectivity index (χ0v) is 11.7. The first-order valence-corrected chi connectivity index (χ1v) is 6.22. The summed E-state index contributed by atoms with van der Waals surface area (Å²) in [5.41, 5.74) is 1.03. The SMILES string of the molecule is Cc1nn(C)c2ncn(Cc3nc(Br)no3)c(=O)c12. The van der Waals surface area contributed by atoms with Crippen LogP contribution in [0.4, 0.5) is 0 Å². The van der Waals surface area contributed by atoms with Crippen LogP contribution in [0, 0.1) is 6.92 Å². The molecule has 0 atom stereocenters. The number of aromatic nitrogens is 6. The van der Waals surface area contributed by atoms with Gasteiger partial charge in [0.25, 0.3) is 5.56 Å². The van der Waals surface area contributed by atoms with E-state index in [0.29, 0.717) is 27.4 Å². The molecule has 0 aliphatic rings. The van der Waals surface area contributed by atoms with Gasteiger partial charge < -0.3 is 4.52 Å². The molecule has 98 valence electrons. The number of fused-ring (bicyclic) bond motifs is 1. The van der Waals surface area contributed by atoms with Crippen LogP contribution in [-0.4, -0.2) is 29.5 Å². The summed E-state index contributed by atoms with van der Waals surface area (Å²) in [5.74, 6) is 0.330. The molecule has 3 aromatic rings. The standard InChI is InChI=1S/C10H9BrN6O2/c1-5-7-8(16(2)14-5)12-4-17(9(7)18)3-6-13-10(11)15-19-6/h4H,3H2,1-2H3. The van der Waals surface area contributed by atoms with E-state index < -0.39 is 0 Å². The van der Waals surface area contributed by atoms with E-state index in [-0.39, 0.29) is 12.1 Å². The number of rotatable bonds is 2. The Kier molecular flexibility index (Phi) is 2.70. The Morgan fingerprint density at radius 1 is 1.47 bits per heavy atom. The first-order chi connectivity index (χ1) is 9.06. The number of hydrogen-bond donors (Lipinski definition) is 0. The Bertz CT molecular complexity index is 817. The lowest BCUT2D eigenvalue weighted by atomic mass is 10.3. The Hall–Kier alpha value is -2.03. The largest absolute Gasteiger partial charge is 0.336 e. The van der Waals surface area contributed by atoms with Gasteiger partial charge in [-0.2, -0.15) is 10.1 Å². The van der Waals surface area contributed by atoms with Crippen molar-refractivity contribution in [1.82, 2.24) is 29.5 Å². The molecule has 3 rings (SSSR count). The highest BCUT2D eigenvalue weighted by molar-refractivity contribution is 9.10. The third-order valence-corrected chi connectivity index (χ3v) is 3.06. The summed E-state index contributed by atoms with van der Waals surface area (Å²) in [5, 5.41) is 8.29. The number of hydrogen-bond acceptors (Lipinski definition) is 6. The molecule has 0 bridgehead atoms. The van der Waals surface area contributed by atoms with Gasteiger partial charge in [-0.3, -0.25) is 9.36 Å². The molecule has 0 saturated carbocycles. The van der Waals surface area contributed by atoms with Gasteiger partial charge in [0.15, 0.2) is 5.65 Å². The zero-order chi connectivity index (χ0) is 13.6. The van der Waals surface area contributed by atoms with Crippen molar-refractivity contribution in [3.8, 4) is 0 Å². The van der Waals surface area contributed by atoms with Gasteiger partial charge >= 0.3 is 0 Å². The number of halogens is 1. The van der Waals surface area contributed by atoms with Crippen LogP contribution in [0.3, 0.4) is 0 Å². The Morgan fingerprint density at radius 3 is 2.95 bits per heavy atom. The summed E-state index contributed by atoms with van der Waals surface area (Å²) < 4.78 is 8.30. The molecule has 0 unspecified atom stereocenters. The fourth-order valence-corrected chi connectivity index (χ4v) is 2.19. The summed E-state index contributed by atoms with van der Waals surface area (Å²) in [7, 11) is 1.75. The molecule has 0 aliphatic carbocycles. The van der Waals surface area contributed by atoms with E-state index in [0.717, 1.165) is 0 Å². The molecular formula is C10H9BrN6O2. The second kappa shape index (κ2) is 4.26. The molecule has 0 spiro atoms. The topological polar surface area (TPSA) is 91.6 Å². The summed E-state index contributed by atoms with van der Waals surface area (Å²) in [6.07, 6.45) is 1.45. The highest BCUT2D eigenvalue weighted by Crippen LogP contribution is 2.10. The second-order valence-corrected chi connectivity index (χ2v) is 4.75. The van der Waals surface area contributed by atoms with Gasteiger partial charge in [-0.15, -0.1) is 0 Å². The third kappa shape index (κ3) is 1.95. The van der Waals surface area contributed by atoms with Crippen molar-refractivity contribution >= 4 is 27.0 Å². The predicted octanol–water partition coefficient (Wildman–Crippen LogP) is 0.632. The molecule has 0 saturated heterocycles. The van der Waals surface area contributed by atoms with Crippen LogP contribution < -0.4 is 5.56 Å². The highest BCUT2D eigenvalue weighted by Gasteiger charge is 2.14. The number of aryl methyl sites for hydroxylation is 2. The molecule has 3 heterocycles. The predicted molar refractivity (Wildman–Crippen MR) is 68.6 cm³/mol. The maximum Gasteiger partial charge on any atom is 0.265 e. The van der Waals surface area contributed by atoms with E-state index in [4.69, 9.17) is 4.52 Å². The molecule has 0 radical (unpaired) electrons. The van der Waals surface area contributed by atoms with Gasteiger partial charge in [0, 0.05) is 7.05 Å². The van der Waals surface area contributed by atoms with Crippen molar-refractivity contribution in [2.24, 2.45) is 7.05 Å². The van der Waals surface area contributed by atoms with E-state index in [1.807, 2.05) is 0 Å². The lowest BCUT2D eigenvalue weighted by molar-refractivity contribution is 0.366. The molecule has 0 amide bonds. The van der Waals surface area contributed by atoms with Crippen LogP contribution in [-0.2, 0) is 13.6 Å². The van der Waals surface area contributed by atoms with E-state index in [2.05, 4.69) is 36.2 Å². The van der Waals surface area contributed by atoms with Crippen LogP contribution in [0.25, 0.3) is 11.0 Å². The minimum Gasteiger partial charge on any atom is -0.336 e. The van der Waals surface area contributed by atoms with Crippen molar-refractivity contribution < 1.29 is 4.52 Å². The van der Waals surface area contributed by atoms with Crippen molar-refractivity contribution in [2.45, 2.75) is 13.5 Å². The van der Waals surface area contributed by atoms with Crippen molar-refractivity contribution in [3.63, 3.8) is 0 Å². The molecule has 19 heavy (non-hydrogen) atoms. The van der Waals surface area contributed by atoms with E-state index >= 15 is 0 Å². The maximum absolute atomic E-state index is 12.3. The van der Waals surface area contributed by atoms with E-state index in [1.54, 1.807) is 18.7 Å². The maximum atomic E-state index is 12.3. The smallest absolute Gasteiger partial charge is 0.265 e. The monoisotopic (exact) mass is 324 g/mol. The first kappa shape index (κ1) is 12.0. The Balaban J connectivity index is 2.13. The second-order valence-electron chi connectivity index (χ2n) is 4.04. The summed E-state index contributed by atoms with van der Waals surface area (Å²) in [6, 6.07) is 0. The van der Waals surface area contributed by atoms with Crippen LogP contribution in [0.2, 0.25) is 0 Å². The number of nitrogens with zero attached hydrogens (tertiary/aromatic N) is 6. The van der Waals surface area contributed by atoms with Gasteiger partial charge in [0.1, 0.15) is 18.3 Å². The molecule has 8 nitrogen and oxygen atoms in total. The van der Waals surface area contributed by atoms with Crippen LogP contribution in [0.1, 0.15) is 11.6 Å². The van der Waals surface area contributed by atoms with Crippen molar-refractivity contribution in [1.29, 1.82) is 0 Å². The minimum atomic E-state index is -0.176. The normalized spacial score (nSPS) is 11.3. The van der Waals surface area contributed by atoms with Crippen LogP contribution in [0.15, 0.2) is 20.4 Å². The molecule has 0 fully saturated rings. The molecule has 0 aliphatic heterocycles.